The third-order valence-electron chi connectivity index (χ3n) is 4.77. The lowest BCUT2D eigenvalue weighted by molar-refractivity contribution is -0.129. The van der Waals surface area contributed by atoms with Crippen molar-refractivity contribution in [2.45, 2.75) is 26.3 Å². The van der Waals surface area contributed by atoms with Crippen LogP contribution < -0.4 is 5.32 Å². The molecule has 8 heteroatoms. The summed E-state index contributed by atoms with van der Waals surface area (Å²) in [5.41, 5.74) is 2.54. The number of thiazole rings is 1. The average molecular weight is 440 g/mol. The number of nitrogens with zero attached hydrogens (tertiary/aromatic N) is 2. The van der Waals surface area contributed by atoms with E-state index < -0.39 is 0 Å². The van der Waals surface area contributed by atoms with Gasteiger partial charge in [-0.1, -0.05) is 31.2 Å². The smallest absolute Gasteiger partial charge is 0.267 e. The van der Waals surface area contributed by atoms with Crippen molar-refractivity contribution in [1.82, 2.24) is 9.88 Å². The van der Waals surface area contributed by atoms with E-state index in [1.165, 1.54) is 22.7 Å². The van der Waals surface area contributed by atoms with Gasteiger partial charge in [0.1, 0.15) is 11.3 Å². The first-order valence-electron chi connectivity index (χ1n) is 9.57. The number of fused-ring (bicyclic) bond motifs is 1. The molecule has 0 radical (unpaired) electrons. The number of nitrogens with one attached hydrogen (secondary N) is 1. The van der Waals surface area contributed by atoms with Crippen LogP contribution in [0, 0.1) is 0 Å². The Labute approximate surface area is 182 Å². The van der Waals surface area contributed by atoms with Gasteiger partial charge in [0.2, 0.25) is 5.91 Å². The normalized spacial score (nSPS) is 11.0. The number of likely N-dealkylation sites (N-methyl/N-ethyl adjacent to an activating group) is 1. The molecule has 4 aromatic rings. The van der Waals surface area contributed by atoms with Crippen LogP contribution in [0.1, 0.15) is 33.6 Å². The Morgan fingerprint density at radius 2 is 2.00 bits per heavy atom. The predicted molar refractivity (Wildman–Crippen MR) is 120 cm³/mol. The zero-order valence-corrected chi connectivity index (χ0v) is 18.3. The third kappa shape index (κ3) is 4.29. The van der Waals surface area contributed by atoms with Crippen LogP contribution >= 0.6 is 22.7 Å². The summed E-state index contributed by atoms with van der Waals surface area (Å²) in [6, 6.07) is 11.5. The van der Waals surface area contributed by atoms with Gasteiger partial charge in [-0.05, 0) is 17.5 Å². The molecule has 154 valence electrons. The van der Waals surface area contributed by atoms with Crippen molar-refractivity contribution in [3.63, 3.8) is 0 Å². The molecule has 0 aliphatic carbocycles. The van der Waals surface area contributed by atoms with Gasteiger partial charge in [0.25, 0.3) is 5.91 Å². The number of carbonyl (C=O) groups is 2. The first-order valence-corrected chi connectivity index (χ1v) is 11.3. The number of carbonyl (C=O) groups excluding carboxylic acids is 2. The number of rotatable bonds is 7. The highest BCUT2D eigenvalue weighted by Crippen LogP contribution is 2.27. The Balaban J connectivity index is 1.41. The summed E-state index contributed by atoms with van der Waals surface area (Å²) in [4.78, 5) is 31.6. The third-order valence-corrected chi connectivity index (χ3v) is 6.45. The van der Waals surface area contributed by atoms with Gasteiger partial charge in [-0.25, -0.2) is 4.98 Å². The van der Waals surface area contributed by atoms with Gasteiger partial charge in [0.15, 0.2) is 5.13 Å². The zero-order valence-electron chi connectivity index (χ0n) is 16.7. The van der Waals surface area contributed by atoms with Gasteiger partial charge >= 0.3 is 0 Å². The van der Waals surface area contributed by atoms with Crippen LogP contribution in [0.3, 0.4) is 0 Å². The van der Waals surface area contributed by atoms with Gasteiger partial charge in [0.05, 0.1) is 17.0 Å². The Bertz CT molecular complexity index is 1180. The minimum Gasteiger partial charge on any atom is -0.461 e. The molecule has 0 unspecified atom stereocenters. The molecule has 0 spiro atoms. The number of hydrogen-bond acceptors (Lipinski definition) is 6. The maximum absolute atomic E-state index is 12.8. The SMILES string of the molecule is CCc1oc2ccccc2c1CN(C)C(=O)Cc1csc(NC(=O)c2cccs2)n1. The van der Waals surface area contributed by atoms with Gasteiger partial charge in [-0.15, -0.1) is 22.7 Å². The minimum atomic E-state index is -0.187. The van der Waals surface area contributed by atoms with E-state index in [0.717, 1.165) is 28.7 Å². The van der Waals surface area contributed by atoms with E-state index in [1.807, 2.05) is 42.6 Å². The van der Waals surface area contributed by atoms with Crippen LogP contribution in [0.25, 0.3) is 11.0 Å². The largest absolute Gasteiger partial charge is 0.461 e. The highest BCUT2D eigenvalue weighted by Gasteiger charge is 2.18. The second kappa shape index (κ2) is 8.81. The minimum absolute atomic E-state index is 0.0382. The van der Waals surface area contributed by atoms with E-state index in [4.69, 9.17) is 4.42 Å². The lowest BCUT2D eigenvalue weighted by Gasteiger charge is -2.17. The molecule has 1 aromatic carbocycles. The summed E-state index contributed by atoms with van der Waals surface area (Å²) in [5.74, 6) is 0.681. The molecule has 0 atom stereocenters. The van der Waals surface area contributed by atoms with Gasteiger partial charge in [0, 0.05) is 36.3 Å². The molecule has 3 aromatic heterocycles. The second-order valence-electron chi connectivity index (χ2n) is 6.86. The van der Waals surface area contributed by atoms with Gasteiger partial charge in [-0.2, -0.15) is 0 Å². The first kappa shape index (κ1) is 20.3. The van der Waals surface area contributed by atoms with Crippen LogP contribution in [0.4, 0.5) is 5.13 Å². The molecule has 30 heavy (non-hydrogen) atoms. The summed E-state index contributed by atoms with van der Waals surface area (Å²) >= 11 is 2.69. The van der Waals surface area contributed by atoms with E-state index in [0.29, 0.717) is 22.2 Å². The Morgan fingerprint density at radius 1 is 1.17 bits per heavy atom. The molecular weight excluding hydrogens is 418 g/mol. The number of thiophene rings is 1. The van der Waals surface area contributed by atoms with Crippen LogP contribution in [-0.2, 0) is 24.2 Å². The number of benzene rings is 1. The van der Waals surface area contributed by atoms with E-state index in [2.05, 4.69) is 10.3 Å². The lowest BCUT2D eigenvalue weighted by atomic mass is 10.1. The molecule has 2 amide bonds. The van der Waals surface area contributed by atoms with Crippen molar-refractivity contribution in [3.8, 4) is 0 Å². The number of anilines is 1. The van der Waals surface area contributed by atoms with Crippen molar-refractivity contribution in [2.24, 2.45) is 0 Å². The van der Waals surface area contributed by atoms with Crippen LogP contribution in [-0.4, -0.2) is 28.7 Å². The molecule has 0 bridgehead atoms. The van der Waals surface area contributed by atoms with Gasteiger partial charge < -0.3 is 9.32 Å². The topological polar surface area (TPSA) is 75.4 Å². The summed E-state index contributed by atoms with van der Waals surface area (Å²) < 4.78 is 5.93. The number of furan rings is 1. The quantitative estimate of drug-likeness (QED) is 0.441. The summed E-state index contributed by atoms with van der Waals surface area (Å²) in [7, 11) is 1.79. The molecule has 0 aliphatic rings. The van der Waals surface area contributed by atoms with E-state index in [1.54, 1.807) is 23.4 Å². The van der Waals surface area contributed by atoms with Crippen LogP contribution in [0.15, 0.2) is 51.6 Å². The maximum atomic E-state index is 12.8. The number of aryl methyl sites for hydroxylation is 1. The average Bonchev–Trinajstić information content (AvgIpc) is 3.48. The highest BCUT2D eigenvalue weighted by atomic mass is 32.1. The molecule has 0 saturated heterocycles. The van der Waals surface area contributed by atoms with Crippen molar-refractivity contribution >= 4 is 50.6 Å². The monoisotopic (exact) mass is 439 g/mol. The zero-order chi connectivity index (χ0) is 21.1. The maximum Gasteiger partial charge on any atom is 0.267 e. The molecular formula is C22H21N3O3S2. The number of hydrogen-bond donors (Lipinski definition) is 1. The summed E-state index contributed by atoms with van der Waals surface area (Å²) in [5, 5.41) is 7.97. The standard InChI is InChI=1S/C22H21N3O3S2/c1-3-17-16(15-7-4-5-8-18(15)28-17)12-25(2)20(26)11-14-13-30-22(23-14)24-21(27)19-9-6-10-29-19/h4-10,13H,3,11-12H2,1-2H3,(H,23,24,27). The number of amides is 2. The fourth-order valence-electron chi connectivity index (χ4n) is 3.24. The summed E-state index contributed by atoms with van der Waals surface area (Å²) in [6.45, 7) is 2.52. The fourth-order valence-corrected chi connectivity index (χ4v) is 4.56. The molecule has 1 N–H and O–H groups in total. The Kier molecular flexibility index (Phi) is 5.96. The van der Waals surface area contributed by atoms with Crippen molar-refractivity contribution in [2.75, 3.05) is 12.4 Å². The number of aromatic nitrogens is 1. The van der Waals surface area contributed by atoms with Crippen LogP contribution in [0.2, 0.25) is 0 Å². The van der Waals surface area contributed by atoms with Crippen molar-refractivity contribution < 1.29 is 14.0 Å². The Morgan fingerprint density at radius 3 is 2.77 bits per heavy atom. The summed E-state index contributed by atoms with van der Waals surface area (Å²) in [6.07, 6.45) is 0.949. The molecule has 3 heterocycles. The predicted octanol–water partition coefficient (Wildman–Crippen LogP) is 4.97. The lowest BCUT2D eigenvalue weighted by Crippen LogP contribution is -2.28. The van der Waals surface area contributed by atoms with E-state index in [9.17, 15) is 9.59 Å². The van der Waals surface area contributed by atoms with Crippen LogP contribution in [0.5, 0.6) is 0 Å². The molecule has 6 nitrogen and oxygen atoms in total. The molecule has 0 saturated carbocycles. The second-order valence-corrected chi connectivity index (χ2v) is 8.66. The van der Waals surface area contributed by atoms with Gasteiger partial charge in [-0.3, -0.25) is 14.9 Å². The van der Waals surface area contributed by atoms with E-state index >= 15 is 0 Å². The van der Waals surface area contributed by atoms with Crippen molar-refractivity contribution in [1.29, 1.82) is 0 Å². The Hall–Kier alpha value is -2.97. The number of para-hydroxylation sites is 1. The molecule has 0 aliphatic heterocycles. The molecule has 0 fully saturated rings. The van der Waals surface area contributed by atoms with E-state index in [-0.39, 0.29) is 18.2 Å². The fraction of sp³-hybridized carbons (Fsp3) is 0.227. The van der Waals surface area contributed by atoms with Crippen molar-refractivity contribution in [3.05, 3.63) is 69.1 Å². The first-order chi connectivity index (χ1) is 14.5. The molecule has 4 rings (SSSR count). The highest BCUT2D eigenvalue weighted by molar-refractivity contribution is 7.14.